The summed E-state index contributed by atoms with van der Waals surface area (Å²) in [6.07, 6.45) is 1.81. The van der Waals surface area contributed by atoms with Gasteiger partial charge in [-0.1, -0.05) is 23.7 Å². The first-order valence-electron chi connectivity index (χ1n) is 7.57. The van der Waals surface area contributed by atoms with Crippen LogP contribution in [0.4, 0.5) is 14.5 Å². The van der Waals surface area contributed by atoms with Gasteiger partial charge in [0.2, 0.25) is 0 Å². The van der Waals surface area contributed by atoms with E-state index in [9.17, 15) is 18.8 Å². The average Bonchev–Trinajstić information content (AvgIpc) is 3.03. The van der Waals surface area contributed by atoms with Crippen molar-refractivity contribution in [2.24, 2.45) is 0 Å². The van der Waals surface area contributed by atoms with Crippen LogP contribution >= 0.6 is 34.7 Å². The molecule has 2 aromatic carbocycles. The highest BCUT2D eigenvalue weighted by Crippen LogP contribution is 2.41. The first-order valence-corrected chi connectivity index (χ1v) is 9.99. The highest BCUT2D eigenvalue weighted by molar-refractivity contribution is 8.00. The summed E-state index contributed by atoms with van der Waals surface area (Å²) in [5.74, 6) is -2.19. The fourth-order valence-electron chi connectivity index (χ4n) is 2.48. The number of thiophene rings is 1. The van der Waals surface area contributed by atoms with Crippen molar-refractivity contribution in [3.05, 3.63) is 69.6 Å². The molecular formula is C19H11ClF2N2OS2. The number of carbonyl (C=O) groups excluding carboxylic acids is 1. The van der Waals surface area contributed by atoms with Crippen molar-refractivity contribution in [1.29, 1.82) is 5.26 Å². The van der Waals surface area contributed by atoms with Crippen LogP contribution in [0.2, 0.25) is 5.02 Å². The van der Waals surface area contributed by atoms with E-state index in [1.165, 1.54) is 11.8 Å². The van der Waals surface area contributed by atoms with Crippen molar-refractivity contribution < 1.29 is 13.6 Å². The third kappa shape index (κ3) is 3.98. The van der Waals surface area contributed by atoms with Gasteiger partial charge in [0.1, 0.15) is 22.6 Å². The number of hydrogen-bond donors (Lipinski definition) is 1. The number of halogens is 3. The minimum Gasteiger partial charge on any atom is -0.319 e. The molecule has 136 valence electrons. The Morgan fingerprint density at radius 3 is 2.52 bits per heavy atom. The van der Waals surface area contributed by atoms with E-state index >= 15 is 0 Å². The molecule has 0 aliphatic heterocycles. The molecule has 3 rings (SSSR count). The lowest BCUT2D eigenvalue weighted by Gasteiger charge is -2.08. The number of carbonyl (C=O) groups is 1. The lowest BCUT2D eigenvalue weighted by molar-refractivity contribution is 0.103. The zero-order chi connectivity index (χ0) is 19.6. The van der Waals surface area contributed by atoms with Crippen LogP contribution in [-0.2, 0) is 0 Å². The molecule has 0 fully saturated rings. The van der Waals surface area contributed by atoms with E-state index in [-0.39, 0.29) is 10.6 Å². The molecule has 0 bridgehead atoms. The number of nitriles is 1. The van der Waals surface area contributed by atoms with Crippen LogP contribution in [0.1, 0.15) is 15.2 Å². The monoisotopic (exact) mass is 420 g/mol. The predicted molar refractivity (Wildman–Crippen MR) is 106 cm³/mol. The Hall–Kier alpha value is -2.40. The number of nitrogens with one attached hydrogen (secondary N) is 1. The molecule has 1 amide bonds. The van der Waals surface area contributed by atoms with Crippen LogP contribution < -0.4 is 5.32 Å². The number of amides is 1. The van der Waals surface area contributed by atoms with E-state index in [0.29, 0.717) is 32.0 Å². The maximum Gasteiger partial charge on any atom is 0.266 e. The first kappa shape index (κ1) is 19.4. The molecule has 0 atom stereocenters. The van der Waals surface area contributed by atoms with Gasteiger partial charge >= 0.3 is 0 Å². The third-order valence-corrected chi connectivity index (χ3v) is 6.25. The highest BCUT2D eigenvalue weighted by Gasteiger charge is 2.24. The molecule has 27 heavy (non-hydrogen) atoms. The lowest BCUT2D eigenvalue weighted by Crippen LogP contribution is -2.12. The molecule has 1 aromatic heterocycles. The van der Waals surface area contributed by atoms with Crippen LogP contribution in [0.3, 0.4) is 0 Å². The molecular weight excluding hydrogens is 410 g/mol. The van der Waals surface area contributed by atoms with E-state index in [2.05, 4.69) is 11.4 Å². The van der Waals surface area contributed by atoms with Crippen LogP contribution in [0.25, 0.3) is 11.1 Å². The Bertz CT molecular complexity index is 1060. The first-order chi connectivity index (χ1) is 12.9. The lowest BCUT2D eigenvalue weighted by atomic mass is 10.0. The molecule has 0 saturated carbocycles. The summed E-state index contributed by atoms with van der Waals surface area (Å²) < 4.78 is 27.6. The maximum absolute atomic E-state index is 13.9. The topological polar surface area (TPSA) is 52.9 Å². The number of anilines is 1. The second-order valence-corrected chi connectivity index (χ2v) is 7.90. The number of benzene rings is 2. The molecule has 0 aliphatic carbocycles. The summed E-state index contributed by atoms with van der Waals surface area (Å²) in [7, 11) is 0. The van der Waals surface area contributed by atoms with E-state index < -0.39 is 17.5 Å². The van der Waals surface area contributed by atoms with Gasteiger partial charge in [0.05, 0.1) is 15.5 Å². The standard InChI is InChI=1S/C19H11ClF2N2OS2/c1-26-19-13(9-23)16(10-2-4-11(20)5-3-10)17(27-19)18(25)24-15-7-6-12(21)8-14(15)22/h2-8H,1H3,(H,24,25). The van der Waals surface area contributed by atoms with Crippen LogP contribution in [0.5, 0.6) is 0 Å². The van der Waals surface area contributed by atoms with Crippen molar-refractivity contribution in [3.8, 4) is 17.2 Å². The Morgan fingerprint density at radius 1 is 1.22 bits per heavy atom. The summed E-state index contributed by atoms with van der Waals surface area (Å²) in [6, 6.07) is 11.8. The van der Waals surface area contributed by atoms with Crippen molar-refractivity contribution in [3.63, 3.8) is 0 Å². The number of rotatable bonds is 4. The molecule has 1 heterocycles. The van der Waals surface area contributed by atoms with Gasteiger partial charge in [0.25, 0.3) is 5.91 Å². The number of thioether (sulfide) groups is 1. The predicted octanol–water partition coefficient (Wildman–Crippen LogP) is 6.19. The molecule has 0 unspecified atom stereocenters. The Kier molecular flexibility index (Phi) is 5.80. The van der Waals surface area contributed by atoms with Crippen molar-refractivity contribution in [2.75, 3.05) is 11.6 Å². The smallest absolute Gasteiger partial charge is 0.266 e. The Balaban J connectivity index is 2.09. The normalized spacial score (nSPS) is 10.5. The van der Waals surface area contributed by atoms with Gasteiger partial charge in [0, 0.05) is 16.7 Å². The zero-order valence-corrected chi connectivity index (χ0v) is 16.2. The molecule has 0 spiro atoms. The summed E-state index contributed by atoms with van der Waals surface area (Å²) >= 11 is 8.42. The molecule has 8 heteroatoms. The van der Waals surface area contributed by atoms with Crippen molar-refractivity contribution >= 4 is 46.3 Å². The number of hydrogen-bond acceptors (Lipinski definition) is 4. The Morgan fingerprint density at radius 2 is 1.93 bits per heavy atom. The molecule has 0 aliphatic rings. The molecule has 0 radical (unpaired) electrons. The van der Waals surface area contributed by atoms with Crippen molar-refractivity contribution in [2.45, 2.75) is 4.21 Å². The van der Waals surface area contributed by atoms with E-state index in [1.807, 2.05) is 0 Å². The van der Waals surface area contributed by atoms with Gasteiger partial charge in [-0.3, -0.25) is 4.79 Å². The molecule has 3 nitrogen and oxygen atoms in total. The second-order valence-electron chi connectivity index (χ2n) is 5.37. The SMILES string of the molecule is CSc1sc(C(=O)Nc2ccc(F)cc2F)c(-c2ccc(Cl)cc2)c1C#N. The zero-order valence-electron chi connectivity index (χ0n) is 13.8. The van der Waals surface area contributed by atoms with Gasteiger partial charge in [-0.15, -0.1) is 23.1 Å². The van der Waals surface area contributed by atoms with Crippen LogP contribution in [0.15, 0.2) is 46.7 Å². The average molecular weight is 421 g/mol. The van der Waals surface area contributed by atoms with E-state index in [0.717, 1.165) is 23.5 Å². The molecule has 3 aromatic rings. The largest absolute Gasteiger partial charge is 0.319 e. The van der Waals surface area contributed by atoms with Crippen molar-refractivity contribution in [1.82, 2.24) is 0 Å². The molecule has 0 saturated heterocycles. The van der Waals surface area contributed by atoms with E-state index in [1.54, 1.807) is 30.5 Å². The van der Waals surface area contributed by atoms with Crippen LogP contribution in [0, 0.1) is 23.0 Å². The molecule has 1 N–H and O–H groups in total. The highest BCUT2D eigenvalue weighted by atomic mass is 35.5. The quantitative estimate of drug-likeness (QED) is 0.512. The minimum atomic E-state index is -0.876. The fraction of sp³-hybridized carbons (Fsp3) is 0.0526. The van der Waals surface area contributed by atoms with Gasteiger partial charge in [-0.25, -0.2) is 8.78 Å². The van der Waals surface area contributed by atoms with Gasteiger partial charge in [-0.05, 0) is 36.1 Å². The van der Waals surface area contributed by atoms with Gasteiger partial charge in [0.15, 0.2) is 0 Å². The maximum atomic E-state index is 13.9. The van der Waals surface area contributed by atoms with Crippen LogP contribution in [-0.4, -0.2) is 12.2 Å². The summed E-state index contributed by atoms with van der Waals surface area (Å²) in [5, 5.41) is 12.6. The minimum absolute atomic E-state index is 0.138. The summed E-state index contributed by atoms with van der Waals surface area (Å²) in [4.78, 5) is 13.1. The van der Waals surface area contributed by atoms with Gasteiger partial charge in [-0.2, -0.15) is 5.26 Å². The fourth-order valence-corrected chi connectivity index (χ4v) is 4.44. The second kappa shape index (κ2) is 8.09. The van der Waals surface area contributed by atoms with Gasteiger partial charge < -0.3 is 5.32 Å². The van der Waals surface area contributed by atoms with E-state index in [4.69, 9.17) is 11.6 Å². The summed E-state index contributed by atoms with van der Waals surface area (Å²) in [6.45, 7) is 0. The third-order valence-electron chi connectivity index (χ3n) is 3.69. The number of nitrogens with zero attached hydrogens (tertiary/aromatic N) is 1. The summed E-state index contributed by atoms with van der Waals surface area (Å²) in [5.41, 5.74) is 1.35. The Labute approximate surface area is 167 Å².